The van der Waals surface area contributed by atoms with Gasteiger partial charge in [0, 0.05) is 24.2 Å². The van der Waals surface area contributed by atoms with Crippen LogP contribution in [0.5, 0.6) is 17.2 Å². The molecule has 0 atom stereocenters. The van der Waals surface area contributed by atoms with Gasteiger partial charge in [-0.1, -0.05) is 0 Å². The predicted molar refractivity (Wildman–Crippen MR) is 106 cm³/mol. The number of fused-ring (bicyclic) bond motifs is 1. The summed E-state index contributed by atoms with van der Waals surface area (Å²) in [6.07, 6.45) is -0.232. The molecule has 1 heterocycles. The van der Waals surface area contributed by atoms with Gasteiger partial charge < -0.3 is 29.6 Å². The quantitative estimate of drug-likeness (QED) is 0.388. The Morgan fingerprint density at radius 2 is 1.53 bits per heavy atom. The summed E-state index contributed by atoms with van der Waals surface area (Å²) in [6, 6.07) is 11.1. The van der Waals surface area contributed by atoms with Gasteiger partial charge in [0.1, 0.15) is 5.75 Å². The van der Waals surface area contributed by atoms with E-state index in [0.717, 1.165) is 0 Å². The van der Waals surface area contributed by atoms with Crippen LogP contribution in [0.15, 0.2) is 42.5 Å². The fraction of sp³-hybridized carbons (Fsp3) is 0.286. The van der Waals surface area contributed by atoms with E-state index in [-0.39, 0.29) is 31.0 Å². The highest BCUT2D eigenvalue weighted by Gasteiger charge is 2.16. The Bertz CT molecular complexity index is 912. The summed E-state index contributed by atoms with van der Waals surface area (Å²) in [7, 11) is 0. The zero-order chi connectivity index (χ0) is 21.3. The fourth-order valence-electron chi connectivity index (χ4n) is 2.65. The summed E-state index contributed by atoms with van der Waals surface area (Å²) in [6.45, 7) is 2.84. The van der Waals surface area contributed by atoms with Gasteiger partial charge in [-0.15, -0.1) is 0 Å². The number of carbonyl (C=O) groups is 3. The summed E-state index contributed by atoms with van der Waals surface area (Å²) >= 11 is 0. The zero-order valence-electron chi connectivity index (χ0n) is 16.4. The van der Waals surface area contributed by atoms with Crippen molar-refractivity contribution in [3.8, 4) is 17.2 Å². The lowest BCUT2D eigenvalue weighted by Crippen LogP contribution is -2.29. The number of rotatable bonds is 8. The molecule has 0 aromatic heterocycles. The summed E-state index contributed by atoms with van der Waals surface area (Å²) < 4.78 is 20.1. The Hall–Kier alpha value is -3.75. The smallest absolute Gasteiger partial charge is 0.454 e. The first-order chi connectivity index (χ1) is 14.6. The van der Waals surface area contributed by atoms with Crippen LogP contribution in [0.4, 0.5) is 4.79 Å². The molecule has 158 valence electrons. The van der Waals surface area contributed by atoms with Crippen LogP contribution in [-0.2, 0) is 4.74 Å². The van der Waals surface area contributed by atoms with Crippen LogP contribution >= 0.6 is 0 Å². The number of benzene rings is 2. The average molecular weight is 414 g/mol. The fourth-order valence-corrected chi connectivity index (χ4v) is 2.65. The van der Waals surface area contributed by atoms with E-state index in [1.165, 1.54) is 12.1 Å². The third kappa shape index (κ3) is 5.63. The van der Waals surface area contributed by atoms with Crippen LogP contribution in [0.2, 0.25) is 0 Å². The number of carbonyl (C=O) groups excluding carboxylic acids is 3. The molecule has 2 aromatic rings. The predicted octanol–water partition coefficient (Wildman–Crippen LogP) is 2.50. The van der Waals surface area contributed by atoms with Crippen LogP contribution < -0.4 is 24.8 Å². The zero-order valence-corrected chi connectivity index (χ0v) is 16.4. The van der Waals surface area contributed by atoms with E-state index in [1.54, 1.807) is 37.3 Å². The summed E-state index contributed by atoms with van der Waals surface area (Å²) in [5.41, 5.74) is 0.906. The Kier molecular flexibility index (Phi) is 7.09. The van der Waals surface area contributed by atoms with Crippen molar-refractivity contribution in [2.75, 3.05) is 26.5 Å². The molecule has 0 saturated heterocycles. The van der Waals surface area contributed by atoms with Gasteiger partial charge in [0.15, 0.2) is 11.5 Å². The van der Waals surface area contributed by atoms with Crippen molar-refractivity contribution < 1.29 is 33.3 Å². The van der Waals surface area contributed by atoms with Gasteiger partial charge in [-0.3, -0.25) is 9.59 Å². The molecule has 1 aliphatic rings. The molecule has 0 radical (unpaired) electrons. The number of hydrogen-bond donors (Lipinski definition) is 2. The highest BCUT2D eigenvalue weighted by Crippen LogP contribution is 2.32. The first kappa shape index (κ1) is 21.0. The number of amides is 2. The number of ether oxygens (including phenoxy) is 4. The molecule has 9 heteroatoms. The Labute approximate surface area is 173 Å². The normalized spacial score (nSPS) is 11.5. The second-order valence-electron chi connectivity index (χ2n) is 6.24. The van der Waals surface area contributed by atoms with E-state index in [4.69, 9.17) is 14.2 Å². The molecular weight excluding hydrogens is 392 g/mol. The van der Waals surface area contributed by atoms with Gasteiger partial charge in [-0.25, -0.2) is 4.79 Å². The summed E-state index contributed by atoms with van der Waals surface area (Å²) in [5.74, 6) is 0.969. The van der Waals surface area contributed by atoms with Gasteiger partial charge in [0.2, 0.25) is 6.79 Å². The lowest BCUT2D eigenvalue weighted by molar-refractivity contribution is 0.0950. The minimum absolute atomic E-state index is 0.154. The molecule has 30 heavy (non-hydrogen) atoms. The Morgan fingerprint density at radius 3 is 2.23 bits per heavy atom. The highest BCUT2D eigenvalue weighted by atomic mass is 16.7. The minimum atomic E-state index is -0.794. The average Bonchev–Trinajstić information content (AvgIpc) is 3.21. The standard InChI is InChI=1S/C21H22N2O7/c1-2-27-21(26)30-16-7-4-14(5-8-16)19(24)22-10-3-11-23-20(25)15-6-9-17-18(12-15)29-13-28-17/h4-9,12H,2-3,10-11,13H2,1H3,(H,22,24)(H,23,25). The van der Waals surface area contributed by atoms with Crippen molar-refractivity contribution >= 4 is 18.0 Å². The number of nitrogens with one attached hydrogen (secondary N) is 2. The molecule has 9 nitrogen and oxygen atoms in total. The topological polar surface area (TPSA) is 112 Å². The van der Waals surface area contributed by atoms with E-state index >= 15 is 0 Å². The Morgan fingerprint density at radius 1 is 0.900 bits per heavy atom. The Balaban J connectivity index is 1.36. The molecule has 2 aromatic carbocycles. The first-order valence-electron chi connectivity index (χ1n) is 9.47. The van der Waals surface area contributed by atoms with Crippen LogP contribution in [0.3, 0.4) is 0 Å². The molecule has 0 bridgehead atoms. The largest absolute Gasteiger partial charge is 0.513 e. The molecule has 0 fully saturated rings. The van der Waals surface area contributed by atoms with Gasteiger partial charge >= 0.3 is 6.16 Å². The third-order valence-corrected chi connectivity index (χ3v) is 4.14. The van der Waals surface area contributed by atoms with Crippen molar-refractivity contribution in [3.63, 3.8) is 0 Å². The van der Waals surface area contributed by atoms with Crippen molar-refractivity contribution in [1.82, 2.24) is 10.6 Å². The van der Waals surface area contributed by atoms with Crippen LogP contribution in [-0.4, -0.2) is 44.5 Å². The summed E-state index contributed by atoms with van der Waals surface area (Å²) in [4.78, 5) is 35.6. The van der Waals surface area contributed by atoms with E-state index in [9.17, 15) is 14.4 Å². The molecule has 0 unspecified atom stereocenters. The van der Waals surface area contributed by atoms with Crippen LogP contribution in [0.25, 0.3) is 0 Å². The second-order valence-corrected chi connectivity index (χ2v) is 6.24. The monoisotopic (exact) mass is 414 g/mol. The van der Waals surface area contributed by atoms with Crippen molar-refractivity contribution in [3.05, 3.63) is 53.6 Å². The van der Waals surface area contributed by atoms with Crippen LogP contribution in [0.1, 0.15) is 34.1 Å². The maximum Gasteiger partial charge on any atom is 0.513 e. The lowest BCUT2D eigenvalue weighted by Gasteiger charge is -2.08. The van der Waals surface area contributed by atoms with E-state index < -0.39 is 6.16 Å². The maximum atomic E-state index is 12.2. The summed E-state index contributed by atoms with van der Waals surface area (Å²) in [5, 5.41) is 5.56. The van der Waals surface area contributed by atoms with E-state index in [0.29, 0.717) is 42.1 Å². The van der Waals surface area contributed by atoms with Crippen molar-refractivity contribution in [2.45, 2.75) is 13.3 Å². The minimum Gasteiger partial charge on any atom is -0.454 e. The molecule has 0 spiro atoms. The SMILES string of the molecule is CCOC(=O)Oc1ccc(C(=O)NCCCNC(=O)c2ccc3c(c2)OCO3)cc1. The highest BCUT2D eigenvalue weighted by molar-refractivity contribution is 5.95. The molecule has 2 amide bonds. The lowest BCUT2D eigenvalue weighted by atomic mass is 10.2. The van der Waals surface area contributed by atoms with Gasteiger partial charge in [0.25, 0.3) is 11.8 Å². The van der Waals surface area contributed by atoms with Gasteiger partial charge in [0.05, 0.1) is 6.61 Å². The number of hydrogen-bond acceptors (Lipinski definition) is 7. The molecule has 0 saturated carbocycles. The molecule has 1 aliphatic heterocycles. The molecule has 2 N–H and O–H groups in total. The van der Waals surface area contributed by atoms with Crippen LogP contribution in [0, 0.1) is 0 Å². The van der Waals surface area contributed by atoms with E-state index in [1.807, 2.05) is 0 Å². The van der Waals surface area contributed by atoms with Gasteiger partial charge in [-0.05, 0) is 55.8 Å². The first-order valence-corrected chi connectivity index (χ1v) is 9.47. The maximum absolute atomic E-state index is 12.2. The molecule has 3 rings (SSSR count). The van der Waals surface area contributed by atoms with E-state index in [2.05, 4.69) is 15.4 Å². The van der Waals surface area contributed by atoms with Crippen molar-refractivity contribution in [1.29, 1.82) is 0 Å². The molecular formula is C21H22N2O7. The van der Waals surface area contributed by atoms with Crippen molar-refractivity contribution in [2.24, 2.45) is 0 Å². The van der Waals surface area contributed by atoms with Gasteiger partial charge in [-0.2, -0.15) is 0 Å². The second kappa shape index (κ2) is 10.1. The third-order valence-electron chi connectivity index (χ3n) is 4.14. The molecule has 0 aliphatic carbocycles.